The van der Waals surface area contributed by atoms with Gasteiger partial charge in [0.15, 0.2) is 0 Å². The van der Waals surface area contributed by atoms with Gasteiger partial charge in [0.25, 0.3) is 0 Å². The van der Waals surface area contributed by atoms with E-state index in [0.29, 0.717) is 16.5 Å². The second-order valence-corrected chi connectivity index (χ2v) is 6.74. The standard InChI is InChI=1S/C19H14Cl2FN3O2/c20-14-7-11(9-23-18(14)21)17-13-3-1-2-4-15(13)24-19(17)25(6-5-22)12-8-16(26)27-10-12/h1-4,7-9,24H,5-6,10H2. The zero-order valence-electron chi connectivity index (χ0n) is 14.0. The lowest BCUT2D eigenvalue weighted by Crippen LogP contribution is -2.26. The summed E-state index contributed by atoms with van der Waals surface area (Å²) in [7, 11) is 0. The number of benzene rings is 1. The molecule has 1 aliphatic heterocycles. The Balaban J connectivity index is 1.95. The van der Waals surface area contributed by atoms with E-state index in [4.69, 9.17) is 27.9 Å². The molecule has 0 saturated heterocycles. The van der Waals surface area contributed by atoms with E-state index in [1.807, 2.05) is 24.3 Å². The molecule has 0 fully saturated rings. The van der Waals surface area contributed by atoms with E-state index in [-0.39, 0.29) is 18.3 Å². The zero-order valence-corrected chi connectivity index (χ0v) is 15.5. The fraction of sp³-hybridized carbons (Fsp3) is 0.158. The maximum absolute atomic E-state index is 13.3. The van der Waals surface area contributed by atoms with Gasteiger partial charge < -0.3 is 14.6 Å². The number of carbonyl (C=O) groups is 1. The molecule has 3 heterocycles. The molecular weight excluding hydrogens is 392 g/mol. The fourth-order valence-electron chi connectivity index (χ4n) is 3.18. The number of anilines is 1. The molecular formula is C19H14Cl2FN3O2. The number of nitrogens with zero attached hydrogens (tertiary/aromatic N) is 2. The summed E-state index contributed by atoms with van der Waals surface area (Å²) < 4.78 is 18.3. The first kappa shape index (κ1) is 17.8. The average molecular weight is 406 g/mol. The molecule has 8 heteroatoms. The molecule has 0 saturated carbocycles. The Morgan fingerprint density at radius 3 is 2.81 bits per heavy atom. The summed E-state index contributed by atoms with van der Waals surface area (Å²) in [5.41, 5.74) is 2.97. The number of nitrogens with one attached hydrogen (secondary N) is 1. The van der Waals surface area contributed by atoms with Gasteiger partial charge in [0.05, 0.1) is 17.3 Å². The molecule has 4 rings (SSSR count). The third kappa shape index (κ3) is 3.26. The number of cyclic esters (lactones) is 1. The van der Waals surface area contributed by atoms with Crippen molar-refractivity contribution in [3.05, 3.63) is 58.5 Å². The summed E-state index contributed by atoms with van der Waals surface area (Å²) in [4.78, 5) is 20.7. The summed E-state index contributed by atoms with van der Waals surface area (Å²) in [6.45, 7) is -0.440. The van der Waals surface area contributed by atoms with Crippen LogP contribution in [0.25, 0.3) is 22.0 Å². The lowest BCUT2D eigenvalue weighted by molar-refractivity contribution is -0.134. The first-order valence-corrected chi connectivity index (χ1v) is 8.97. The van der Waals surface area contributed by atoms with E-state index in [1.165, 1.54) is 6.08 Å². The number of halogens is 3. The largest absolute Gasteiger partial charge is 0.456 e. The highest BCUT2D eigenvalue weighted by atomic mass is 35.5. The quantitative estimate of drug-likeness (QED) is 0.491. The Kier molecular flexibility index (Phi) is 4.76. The van der Waals surface area contributed by atoms with Crippen LogP contribution in [0.5, 0.6) is 0 Å². The van der Waals surface area contributed by atoms with Crippen LogP contribution in [-0.4, -0.2) is 35.8 Å². The third-order valence-electron chi connectivity index (χ3n) is 4.34. The number of esters is 1. The summed E-state index contributed by atoms with van der Waals surface area (Å²) in [6.07, 6.45) is 2.99. The molecule has 0 amide bonds. The molecule has 0 bridgehead atoms. The lowest BCUT2D eigenvalue weighted by Gasteiger charge is -2.24. The first-order valence-electron chi connectivity index (χ1n) is 8.21. The van der Waals surface area contributed by atoms with E-state index in [0.717, 1.165) is 22.0 Å². The molecule has 3 aromatic rings. The van der Waals surface area contributed by atoms with Gasteiger partial charge in [-0.2, -0.15) is 0 Å². The molecule has 27 heavy (non-hydrogen) atoms. The summed E-state index contributed by atoms with van der Waals surface area (Å²) >= 11 is 12.1. The summed E-state index contributed by atoms with van der Waals surface area (Å²) in [6, 6.07) is 9.40. The van der Waals surface area contributed by atoms with Gasteiger partial charge in [0.2, 0.25) is 0 Å². The van der Waals surface area contributed by atoms with Crippen molar-refractivity contribution in [1.82, 2.24) is 9.97 Å². The maximum atomic E-state index is 13.3. The Hall–Kier alpha value is -2.57. The minimum Gasteiger partial charge on any atom is -0.456 e. The molecule has 0 spiro atoms. The Morgan fingerprint density at radius 2 is 2.11 bits per heavy atom. The number of H-pyrrole nitrogens is 1. The van der Waals surface area contributed by atoms with E-state index in [1.54, 1.807) is 17.2 Å². The van der Waals surface area contributed by atoms with Crippen molar-refractivity contribution in [1.29, 1.82) is 0 Å². The molecule has 1 aromatic carbocycles. The minimum atomic E-state index is -0.597. The van der Waals surface area contributed by atoms with Crippen LogP contribution >= 0.6 is 23.2 Å². The molecule has 1 aliphatic rings. The Labute approximate surface area is 164 Å². The highest BCUT2D eigenvalue weighted by Crippen LogP contribution is 2.40. The first-order chi connectivity index (χ1) is 13.1. The number of alkyl halides is 1. The number of fused-ring (bicyclic) bond motifs is 1. The maximum Gasteiger partial charge on any atom is 0.333 e. The van der Waals surface area contributed by atoms with E-state index >= 15 is 0 Å². The number of aromatic nitrogens is 2. The van der Waals surface area contributed by atoms with Crippen LogP contribution in [0, 0.1) is 0 Å². The van der Waals surface area contributed by atoms with Gasteiger partial charge in [-0.3, -0.25) is 0 Å². The van der Waals surface area contributed by atoms with Gasteiger partial charge in [-0.1, -0.05) is 41.4 Å². The second kappa shape index (κ2) is 7.21. The number of hydrogen-bond donors (Lipinski definition) is 1. The van der Waals surface area contributed by atoms with Crippen LogP contribution in [-0.2, 0) is 9.53 Å². The van der Waals surface area contributed by atoms with Crippen LogP contribution in [0.15, 0.2) is 48.3 Å². The lowest BCUT2D eigenvalue weighted by atomic mass is 10.0. The van der Waals surface area contributed by atoms with Gasteiger partial charge >= 0.3 is 5.97 Å². The van der Waals surface area contributed by atoms with Crippen LogP contribution in [0.4, 0.5) is 10.2 Å². The normalized spacial score (nSPS) is 13.7. The van der Waals surface area contributed by atoms with Crippen molar-refractivity contribution in [3.8, 4) is 11.1 Å². The Bertz CT molecular complexity index is 1060. The number of para-hydroxylation sites is 1. The van der Waals surface area contributed by atoms with Crippen molar-refractivity contribution in [3.63, 3.8) is 0 Å². The van der Waals surface area contributed by atoms with Gasteiger partial charge in [-0.25, -0.2) is 14.2 Å². The Morgan fingerprint density at radius 1 is 1.30 bits per heavy atom. The van der Waals surface area contributed by atoms with Gasteiger partial charge in [0, 0.05) is 34.3 Å². The summed E-state index contributed by atoms with van der Waals surface area (Å²) in [5, 5.41) is 1.45. The van der Waals surface area contributed by atoms with Crippen molar-refractivity contribution in [2.24, 2.45) is 0 Å². The minimum absolute atomic E-state index is 0.0665. The molecule has 0 radical (unpaired) electrons. The van der Waals surface area contributed by atoms with Gasteiger partial charge in [-0.15, -0.1) is 0 Å². The van der Waals surface area contributed by atoms with Crippen LogP contribution < -0.4 is 4.90 Å². The SMILES string of the molecule is O=C1C=C(N(CCF)c2[nH]c3ccccc3c2-c2cnc(Cl)c(Cl)c2)CO1. The molecule has 1 N–H and O–H groups in total. The highest BCUT2D eigenvalue weighted by Gasteiger charge is 2.25. The van der Waals surface area contributed by atoms with Crippen molar-refractivity contribution in [2.75, 3.05) is 24.7 Å². The number of hydrogen-bond acceptors (Lipinski definition) is 4. The second-order valence-electron chi connectivity index (χ2n) is 5.97. The van der Waals surface area contributed by atoms with E-state index < -0.39 is 12.6 Å². The number of rotatable bonds is 5. The molecule has 2 aromatic heterocycles. The number of aromatic amines is 1. The van der Waals surface area contributed by atoms with E-state index in [9.17, 15) is 9.18 Å². The molecule has 0 unspecified atom stereocenters. The third-order valence-corrected chi connectivity index (χ3v) is 5.03. The van der Waals surface area contributed by atoms with Crippen LogP contribution in [0.1, 0.15) is 0 Å². The van der Waals surface area contributed by atoms with Gasteiger partial charge in [0.1, 0.15) is 24.3 Å². The zero-order chi connectivity index (χ0) is 19.0. The fourth-order valence-corrected chi connectivity index (χ4v) is 3.45. The predicted molar refractivity (Wildman–Crippen MR) is 104 cm³/mol. The van der Waals surface area contributed by atoms with Crippen molar-refractivity contribution < 1.29 is 13.9 Å². The smallest absolute Gasteiger partial charge is 0.333 e. The van der Waals surface area contributed by atoms with Crippen LogP contribution in [0.3, 0.4) is 0 Å². The molecule has 0 atom stereocenters. The van der Waals surface area contributed by atoms with Crippen molar-refractivity contribution in [2.45, 2.75) is 0 Å². The topological polar surface area (TPSA) is 58.2 Å². The van der Waals surface area contributed by atoms with Crippen LogP contribution in [0.2, 0.25) is 10.2 Å². The predicted octanol–water partition coefficient (Wildman–Crippen LogP) is 4.75. The molecule has 138 valence electrons. The summed E-state index contributed by atoms with van der Waals surface area (Å²) in [5.74, 6) is 0.196. The average Bonchev–Trinajstić information content (AvgIpc) is 3.25. The number of carbonyl (C=O) groups excluding carboxylic acids is 1. The molecule has 5 nitrogen and oxygen atoms in total. The van der Waals surface area contributed by atoms with Crippen molar-refractivity contribution >= 4 is 45.9 Å². The van der Waals surface area contributed by atoms with Gasteiger partial charge in [-0.05, 0) is 12.1 Å². The highest BCUT2D eigenvalue weighted by molar-refractivity contribution is 6.41. The number of ether oxygens (including phenoxy) is 1. The monoisotopic (exact) mass is 405 g/mol. The van der Waals surface area contributed by atoms with E-state index in [2.05, 4.69) is 9.97 Å². The number of pyridine rings is 1. The molecule has 0 aliphatic carbocycles.